The van der Waals surface area contributed by atoms with Crippen molar-refractivity contribution in [3.63, 3.8) is 0 Å². The van der Waals surface area contributed by atoms with E-state index in [9.17, 15) is 14.3 Å². The van der Waals surface area contributed by atoms with Crippen LogP contribution in [-0.2, 0) is 0 Å². The number of benzene rings is 1. The maximum absolute atomic E-state index is 14.8. The van der Waals surface area contributed by atoms with Gasteiger partial charge in [-0.3, -0.25) is 0 Å². The number of para-hydroxylation sites is 1. The Morgan fingerprint density at radius 3 is 2.58 bits per heavy atom. The summed E-state index contributed by atoms with van der Waals surface area (Å²) in [5, 5.41) is 19.2. The van der Waals surface area contributed by atoms with Crippen LogP contribution in [0.5, 0.6) is 0 Å². The van der Waals surface area contributed by atoms with Crippen LogP contribution in [0.4, 0.5) is 9.18 Å². The number of aromatic nitrogens is 4. The molecule has 0 saturated carbocycles. The van der Waals surface area contributed by atoms with Crippen LogP contribution in [0.1, 0.15) is 83.7 Å². The van der Waals surface area contributed by atoms with Gasteiger partial charge in [0.2, 0.25) is 5.89 Å². The van der Waals surface area contributed by atoms with Crippen molar-refractivity contribution < 1.29 is 18.8 Å². The molecule has 2 unspecified atom stereocenters. The van der Waals surface area contributed by atoms with Crippen molar-refractivity contribution in [3.8, 4) is 5.95 Å². The zero-order chi connectivity index (χ0) is 27.2. The van der Waals surface area contributed by atoms with E-state index in [1.54, 1.807) is 11.0 Å². The summed E-state index contributed by atoms with van der Waals surface area (Å²) in [7, 11) is 0. The van der Waals surface area contributed by atoms with Crippen LogP contribution < -0.4 is 0 Å². The van der Waals surface area contributed by atoms with E-state index in [0.29, 0.717) is 23.9 Å². The van der Waals surface area contributed by atoms with E-state index >= 15 is 0 Å². The van der Waals surface area contributed by atoms with Crippen molar-refractivity contribution in [1.82, 2.24) is 29.7 Å². The van der Waals surface area contributed by atoms with Gasteiger partial charge in [0, 0.05) is 30.4 Å². The van der Waals surface area contributed by atoms with Crippen LogP contribution >= 0.6 is 0 Å². The standard InChI is InChI=1S/C28H39FN6O3/c1-17(2)23-20-7-6-8-21(29)24(20)35(31-23)26-30-25(38-32-26)19-10-12-33(13-11-19)16-18-9-14-34(27(36)37)22(15-18)28(3,4)5/h6-8,17-19,22H,9-16H2,1-5H3,(H,36,37). The molecule has 0 aliphatic carbocycles. The Morgan fingerprint density at radius 1 is 1.18 bits per heavy atom. The average Bonchev–Trinajstić information content (AvgIpc) is 3.50. The minimum atomic E-state index is -0.811. The van der Waals surface area contributed by atoms with Crippen LogP contribution in [0.15, 0.2) is 22.7 Å². The number of nitrogens with zero attached hydrogens (tertiary/aromatic N) is 6. The lowest BCUT2D eigenvalue weighted by molar-refractivity contribution is 0.0298. The van der Waals surface area contributed by atoms with Gasteiger partial charge < -0.3 is 19.4 Å². The molecule has 2 aromatic heterocycles. The number of hydrogen-bond acceptors (Lipinski definition) is 6. The van der Waals surface area contributed by atoms with Gasteiger partial charge in [-0.05, 0) is 67.2 Å². The monoisotopic (exact) mass is 526 g/mol. The number of carboxylic acid groups (broad SMARTS) is 1. The second-order valence-corrected chi connectivity index (χ2v) is 12.3. The van der Waals surface area contributed by atoms with Crippen molar-refractivity contribution in [2.45, 2.75) is 78.2 Å². The maximum Gasteiger partial charge on any atom is 0.407 e. The summed E-state index contributed by atoms with van der Waals surface area (Å²) in [6, 6.07) is 5.04. The largest absolute Gasteiger partial charge is 0.465 e. The van der Waals surface area contributed by atoms with Crippen molar-refractivity contribution in [3.05, 3.63) is 35.6 Å². The Balaban J connectivity index is 1.23. The molecule has 38 heavy (non-hydrogen) atoms. The highest BCUT2D eigenvalue weighted by atomic mass is 19.1. The summed E-state index contributed by atoms with van der Waals surface area (Å²) < 4.78 is 21.9. The predicted molar refractivity (Wildman–Crippen MR) is 142 cm³/mol. The minimum Gasteiger partial charge on any atom is -0.465 e. The number of carbonyl (C=O) groups is 1. The molecule has 2 fully saturated rings. The summed E-state index contributed by atoms with van der Waals surface area (Å²) in [5.41, 5.74) is 1.10. The molecule has 10 heteroatoms. The lowest BCUT2D eigenvalue weighted by Gasteiger charge is -2.46. The normalized spacial score (nSPS) is 22.0. The topological polar surface area (TPSA) is 101 Å². The lowest BCUT2D eigenvalue weighted by Crippen LogP contribution is -2.53. The average molecular weight is 527 g/mol. The molecule has 2 aliphatic heterocycles. The van der Waals surface area contributed by atoms with Crippen molar-refractivity contribution in [2.24, 2.45) is 11.3 Å². The SMILES string of the molecule is CC(C)c1nn(-c2noc(C3CCN(CC4CCN(C(=O)O)C(C(C)(C)C)C4)CC3)n2)c2c(F)cccc12. The van der Waals surface area contributed by atoms with Crippen molar-refractivity contribution in [1.29, 1.82) is 0 Å². The molecule has 2 atom stereocenters. The van der Waals surface area contributed by atoms with Gasteiger partial charge in [0.15, 0.2) is 0 Å². The molecule has 1 N–H and O–H groups in total. The molecule has 5 rings (SSSR count). The molecule has 2 saturated heterocycles. The van der Waals surface area contributed by atoms with Crippen LogP contribution in [-0.4, -0.2) is 73.1 Å². The maximum atomic E-state index is 14.8. The third-order valence-electron chi connectivity index (χ3n) is 8.26. The first kappa shape index (κ1) is 26.6. The number of amides is 1. The Bertz CT molecular complexity index is 1290. The van der Waals surface area contributed by atoms with E-state index in [2.05, 4.69) is 40.9 Å². The highest BCUT2D eigenvalue weighted by molar-refractivity contribution is 5.84. The second-order valence-electron chi connectivity index (χ2n) is 12.3. The van der Waals surface area contributed by atoms with Crippen molar-refractivity contribution in [2.75, 3.05) is 26.2 Å². The molecular formula is C28H39FN6O3. The van der Waals surface area contributed by atoms with E-state index in [-0.39, 0.29) is 35.1 Å². The van der Waals surface area contributed by atoms with Gasteiger partial charge >= 0.3 is 6.09 Å². The van der Waals surface area contributed by atoms with E-state index < -0.39 is 6.09 Å². The van der Waals surface area contributed by atoms with Crippen LogP contribution in [0.25, 0.3) is 16.9 Å². The molecule has 0 radical (unpaired) electrons. The number of piperidine rings is 2. The first-order chi connectivity index (χ1) is 18.0. The van der Waals surface area contributed by atoms with Gasteiger partial charge in [0.05, 0.1) is 5.69 Å². The molecule has 1 aromatic carbocycles. The van der Waals surface area contributed by atoms with Crippen molar-refractivity contribution >= 4 is 17.0 Å². The number of hydrogen-bond donors (Lipinski definition) is 1. The van der Waals surface area contributed by atoms with E-state index in [4.69, 9.17) is 4.52 Å². The van der Waals surface area contributed by atoms with E-state index in [1.807, 2.05) is 19.9 Å². The van der Waals surface area contributed by atoms with Crippen LogP contribution in [0.3, 0.4) is 0 Å². The van der Waals surface area contributed by atoms with Crippen LogP contribution in [0, 0.1) is 17.2 Å². The Labute approximate surface area is 223 Å². The number of likely N-dealkylation sites (tertiary alicyclic amines) is 2. The highest BCUT2D eigenvalue weighted by Crippen LogP contribution is 2.36. The summed E-state index contributed by atoms with van der Waals surface area (Å²) in [6.45, 7) is 13.9. The number of rotatable bonds is 5. The molecular weight excluding hydrogens is 487 g/mol. The third-order valence-corrected chi connectivity index (χ3v) is 8.26. The molecule has 1 amide bonds. The van der Waals surface area contributed by atoms with E-state index in [1.165, 1.54) is 10.7 Å². The quantitative estimate of drug-likeness (QED) is 0.458. The molecule has 0 spiro atoms. The molecule has 2 aliphatic rings. The summed E-state index contributed by atoms with van der Waals surface area (Å²) in [6.07, 6.45) is 2.80. The molecule has 206 valence electrons. The summed E-state index contributed by atoms with van der Waals surface area (Å²) in [5.74, 6) is 1.26. The Hall–Kier alpha value is -3.01. The second kappa shape index (κ2) is 10.3. The van der Waals surface area contributed by atoms with Gasteiger partial charge in [-0.25, -0.2) is 9.18 Å². The third kappa shape index (κ3) is 5.15. The number of halogens is 1. The van der Waals surface area contributed by atoms with Gasteiger partial charge in [0.1, 0.15) is 11.3 Å². The Kier molecular flexibility index (Phi) is 7.19. The van der Waals surface area contributed by atoms with Gasteiger partial charge in [-0.2, -0.15) is 14.8 Å². The lowest BCUT2D eigenvalue weighted by atomic mass is 9.77. The first-order valence-electron chi connectivity index (χ1n) is 13.8. The fraction of sp³-hybridized carbons (Fsp3) is 0.643. The predicted octanol–water partition coefficient (Wildman–Crippen LogP) is 5.66. The number of fused-ring (bicyclic) bond motifs is 1. The van der Waals surface area contributed by atoms with Gasteiger partial charge in [0.25, 0.3) is 5.95 Å². The highest BCUT2D eigenvalue weighted by Gasteiger charge is 2.39. The van der Waals surface area contributed by atoms with Gasteiger partial charge in [-0.15, -0.1) is 0 Å². The molecule has 0 bridgehead atoms. The van der Waals surface area contributed by atoms with Crippen LogP contribution in [0.2, 0.25) is 0 Å². The molecule has 4 heterocycles. The fourth-order valence-electron chi connectivity index (χ4n) is 6.18. The molecule has 3 aromatic rings. The first-order valence-corrected chi connectivity index (χ1v) is 13.8. The minimum absolute atomic E-state index is 0.0347. The smallest absolute Gasteiger partial charge is 0.407 e. The fourth-order valence-corrected chi connectivity index (χ4v) is 6.18. The zero-order valence-electron chi connectivity index (χ0n) is 23.0. The van der Waals surface area contributed by atoms with Gasteiger partial charge in [-0.1, -0.05) is 46.8 Å². The summed E-state index contributed by atoms with van der Waals surface area (Å²) in [4.78, 5) is 20.5. The summed E-state index contributed by atoms with van der Waals surface area (Å²) >= 11 is 0. The van der Waals surface area contributed by atoms with E-state index in [0.717, 1.165) is 56.4 Å². The molecule has 9 nitrogen and oxygen atoms in total. The zero-order valence-corrected chi connectivity index (χ0v) is 23.0. The Morgan fingerprint density at radius 2 is 1.92 bits per heavy atom.